The SMILES string of the molecule is CC/C=C\C/C=C\C/C=C\C/C=C\C/C=C\C/C=C\C/C=C\C/C=C\CCCCCCCCCCC(=O)OC(COC(=O)CCCCCCCCCCCCCCCCCCCCCCCCCCCCCC/C=C\C/C=C\C/C=C\C/C=C\CC)COC(OCC[N+](C)(C)C)C(=O)O. The maximum Gasteiger partial charge on any atom is 0.361 e. The molecule has 0 saturated heterocycles. The monoisotopic (exact) mass is 1380 g/mol. The first-order valence-corrected chi connectivity index (χ1v) is 41.0. The van der Waals surface area contributed by atoms with Gasteiger partial charge >= 0.3 is 17.9 Å². The highest BCUT2D eigenvalue weighted by molar-refractivity contribution is 5.71. The number of likely N-dealkylation sites (N-methyl/N-ethyl adjacent to an activating group) is 1. The lowest BCUT2D eigenvalue weighted by atomic mass is 10.0. The molecule has 0 aliphatic carbocycles. The van der Waals surface area contributed by atoms with Crippen molar-refractivity contribution >= 4 is 17.9 Å². The molecule has 566 valence electrons. The van der Waals surface area contributed by atoms with Gasteiger partial charge in [-0.05, 0) is 116 Å². The fourth-order valence-electron chi connectivity index (χ4n) is 11.4. The minimum absolute atomic E-state index is 0.181. The van der Waals surface area contributed by atoms with Gasteiger partial charge in [-0.2, -0.15) is 0 Å². The summed E-state index contributed by atoms with van der Waals surface area (Å²) in [5.74, 6) is -2.01. The molecule has 0 aliphatic rings. The van der Waals surface area contributed by atoms with E-state index in [9.17, 15) is 19.5 Å². The van der Waals surface area contributed by atoms with Gasteiger partial charge in [0.1, 0.15) is 13.2 Å². The van der Waals surface area contributed by atoms with Crippen molar-refractivity contribution in [3.8, 4) is 0 Å². The van der Waals surface area contributed by atoms with Crippen LogP contribution in [0.1, 0.15) is 348 Å². The van der Waals surface area contributed by atoms with Crippen LogP contribution >= 0.6 is 0 Å². The predicted octanol–water partition coefficient (Wildman–Crippen LogP) is 26.6. The lowest BCUT2D eigenvalue weighted by Gasteiger charge is -2.25. The molecule has 0 amide bonds. The van der Waals surface area contributed by atoms with E-state index < -0.39 is 24.3 Å². The summed E-state index contributed by atoms with van der Waals surface area (Å²) < 4.78 is 23.0. The second-order valence-corrected chi connectivity index (χ2v) is 28.3. The van der Waals surface area contributed by atoms with E-state index in [-0.39, 0.29) is 32.2 Å². The first-order chi connectivity index (χ1) is 48.6. The molecule has 9 heteroatoms. The van der Waals surface area contributed by atoms with E-state index >= 15 is 0 Å². The fraction of sp³-hybridized carbons (Fsp3) is 0.700. The summed E-state index contributed by atoms with van der Waals surface area (Å²) in [4.78, 5) is 37.8. The Morgan fingerprint density at radius 1 is 0.303 bits per heavy atom. The van der Waals surface area contributed by atoms with Gasteiger partial charge in [0.25, 0.3) is 6.29 Å². The molecule has 0 fully saturated rings. The lowest BCUT2D eigenvalue weighted by Crippen LogP contribution is -2.40. The summed E-state index contributed by atoms with van der Waals surface area (Å²) in [7, 11) is 5.98. The number of aliphatic carboxylic acids is 1. The van der Waals surface area contributed by atoms with Crippen LogP contribution in [0.4, 0.5) is 0 Å². The maximum absolute atomic E-state index is 13.0. The molecule has 0 aromatic rings. The summed E-state index contributed by atoms with van der Waals surface area (Å²) in [6, 6.07) is 0. The van der Waals surface area contributed by atoms with Gasteiger partial charge in [0.2, 0.25) is 0 Å². The van der Waals surface area contributed by atoms with Gasteiger partial charge in [0.15, 0.2) is 6.10 Å². The number of quaternary nitrogens is 1. The van der Waals surface area contributed by atoms with Gasteiger partial charge in [-0.25, -0.2) is 4.79 Å². The molecule has 0 aliphatic heterocycles. The number of unbranched alkanes of at least 4 members (excludes halogenated alkanes) is 36. The number of nitrogens with zero attached hydrogens (tertiary/aromatic N) is 1. The Labute approximate surface area is 611 Å². The third kappa shape index (κ3) is 80.4. The maximum atomic E-state index is 13.0. The number of ether oxygens (including phenoxy) is 4. The van der Waals surface area contributed by atoms with Crippen molar-refractivity contribution in [1.29, 1.82) is 0 Å². The van der Waals surface area contributed by atoms with Crippen LogP contribution in [-0.4, -0.2) is 87.4 Å². The number of hydrogen-bond donors (Lipinski definition) is 1. The summed E-state index contributed by atoms with van der Waals surface area (Å²) in [6.07, 6.45) is 113. The van der Waals surface area contributed by atoms with Crippen molar-refractivity contribution in [3.05, 3.63) is 146 Å². The van der Waals surface area contributed by atoms with Crippen LogP contribution in [0.25, 0.3) is 0 Å². The molecule has 9 nitrogen and oxygen atoms in total. The minimum atomic E-state index is -1.52. The molecule has 0 aromatic carbocycles. The Morgan fingerprint density at radius 2 is 0.545 bits per heavy atom. The van der Waals surface area contributed by atoms with E-state index in [0.29, 0.717) is 23.9 Å². The zero-order valence-electron chi connectivity index (χ0n) is 64.9. The second-order valence-electron chi connectivity index (χ2n) is 28.3. The quantitative estimate of drug-likeness (QED) is 0.0211. The number of carboxylic acids is 1. The largest absolute Gasteiger partial charge is 0.477 e. The summed E-state index contributed by atoms with van der Waals surface area (Å²) >= 11 is 0. The molecular weight excluding hydrogens is 1220 g/mol. The number of esters is 2. The van der Waals surface area contributed by atoms with Crippen molar-refractivity contribution in [2.24, 2.45) is 0 Å². The molecule has 0 bridgehead atoms. The van der Waals surface area contributed by atoms with Crippen LogP contribution in [0.5, 0.6) is 0 Å². The Bertz CT molecular complexity index is 2150. The Morgan fingerprint density at radius 3 is 0.808 bits per heavy atom. The zero-order chi connectivity index (χ0) is 71.8. The van der Waals surface area contributed by atoms with Crippen molar-refractivity contribution in [2.75, 3.05) is 47.5 Å². The van der Waals surface area contributed by atoms with E-state index in [1.165, 1.54) is 193 Å². The zero-order valence-corrected chi connectivity index (χ0v) is 64.9. The molecule has 0 rings (SSSR count). The van der Waals surface area contributed by atoms with Crippen LogP contribution in [0, 0.1) is 0 Å². The number of rotatable bonds is 75. The lowest BCUT2D eigenvalue weighted by molar-refractivity contribution is -0.870. The first kappa shape index (κ1) is 94.2. The smallest absolute Gasteiger partial charge is 0.361 e. The predicted molar refractivity (Wildman–Crippen MR) is 428 cm³/mol. The van der Waals surface area contributed by atoms with Crippen molar-refractivity contribution in [1.82, 2.24) is 0 Å². The van der Waals surface area contributed by atoms with Crippen LogP contribution in [0.3, 0.4) is 0 Å². The normalized spacial score (nSPS) is 13.4. The van der Waals surface area contributed by atoms with Crippen LogP contribution < -0.4 is 0 Å². The third-order valence-electron chi connectivity index (χ3n) is 17.6. The first-order valence-electron chi connectivity index (χ1n) is 41.0. The number of carbonyl (C=O) groups excluding carboxylic acids is 2. The Hall–Kier alpha value is -4.83. The molecule has 0 saturated carbocycles. The standard InChI is InChI=1S/C90H153NO8/c1-6-8-10-12-14-16-18-20-22-24-26-28-30-32-34-36-38-40-41-42-43-44-45-46-47-49-50-52-54-56-58-60-62-64-66-68-70-72-74-76-78-80-87(92)97-84-86(85-98-90(89(94)95)96-83-82-91(3,4)5)99-88(93)81-79-77-75-73-71-69-67-65-63-61-59-57-55-53-51-48-39-37-35-33-31-29-27-25-23-21-19-17-15-13-11-9-7-2/h8-11,14-17,20-23,26-29,33,35,39,48,53,55,59,61,86,90H,6-7,12-13,18-19,24-25,30-32,34,36-38,40-47,49-52,54,56-58,60,62-85H2,1-5H3/p+1/b10-8-,11-9-,16-14-,17-15-,22-20-,23-21-,28-26-,29-27-,35-33-,48-39-,55-53-,61-59-. The number of carbonyl (C=O) groups is 3. The summed E-state index contributed by atoms with van der Waals surface area (Å²) in [5.41, 5.74) is 0. The highest BCUT2D eigenvalue weighted by atomic mass is 16.7. The molecule has 1 N–H and O–H groups in total. The van der Waals surface area contributed by atoms with Gasteiger partial charge in [-0.15, -0.1) is 0 Å². The van der Waals surface area contributed by atoms with E-state index in [4.69, 9.17) is 18.9 Å². The summed E-state index contributed by atoms with van der Waals surface area (Å²) in [6.45, 7) is 4.67. The Balaban J connectivity index is 4.02. The molecule has 2 atom stereocenters. The molecule has 0 aromatic heterocycles. The van der Waals surface area contributed by atoms with Gasteiger partial charge < -0.3 is 28.5 Å². The van der Waals surface area contributed by atoms with Gasteiger partial charge in [-0.1, -0.05) is 365 Å². The van der Waals surface area contributed by atoms with Gasteiger partial charge in [0, 0.05) is 12.8 Å². The van der Waals surface area contributed by atoms with Crippen molar-refractivity contribution in [3.63, 3.8) is 0 Å². The molecule has 0 radical (unpaired) electrons. The number of carboxylic acid groups (broad SMARTS) is 1. The average molecular weight is 1380 g/mol. The number of hydrogen-bond acceptors (Lipinski definition) is 7. The highest BCUT2D eigenvalue weighted by Gasteiger charge is 2.25. The molecular formula is C90H154NO8+. The minimum Gasteiger partial charge on any atom is -0.477 e. The topological polar surface area (TPSA) is 108 Å². The molecule has 0 heterocycles. The highest BCUT2D eigenvalue weighted by Crippen LogP contribution is 2.19. The van der Waals surface area contributed by atoms with Crippen LogP contribution in [-0.2, 0) is 33.3 Å². The van der Waals surface area contributed by atoms with Crippen molar-refractivity contribution < 1.29 is 42.9 Å². The van der Waals surface area contributed by atoms with E-state index in [2.05, 4.69) is 160 Å². The van der Waals surface area contributed by atoms with E-state index in [1.807, 2.05) is 21.1 Å². The van der Waals surface area contributed by atoms with Gasteiger partial charge in [0.05, 0.1) is 34.4 Å². The molecule has 99 heavy (non-hydrogen) atoms. The third-order valence-corrected chi connectivity index (χ3v) is 17.6. The van der Waals surface area contributed by atoms with E-state index in [1.54, 1.807) is 0 Å². The van der Waals surface area contributed by atoms with Crippen LogP contribution in [0.15, 0.2) is 146 Å². The van der Waals surface area contributed by atoms with E-state index in [0.717, 1.165) is 122 Å². The second kappa shape index (κ2) is 78.9. The summed E-state index contributed by atoms with van der Waals surface area (Å²) in [5, 5.41) is 9.78. The Kier molecular flexibility index (Phi) is 75.0. The number of allylic oxidation sites excluding steroid dienone is 24. The van der Waals surface area contributed by atoms with Crippen molar-refractivity contribution in [2.45, 2.75) is 360 Å². The molecule has 0 spiro atoms. The van der Waals surface area contributed by atoms with Crippen LogP contribution in [0.2, 0.25) is 0 Å². The average Bonchev–Trinajstić information content (AvgIpc) is 1.57. The van der Waals surface area contributed by atoms with Gasteiger partial charge in [-0.3, -0.25) is 9.59 Å². The molecule has 2 unspecified atom stereocenters. The fourth-order valence-corrected chi connectivity index (χ4v) is 11.4.